The number of rotatable bonds is 4. The van der Waals surface area contributed by atoms with Gasteiger partial charge in [-0.25, -0.2) is 0 Å². The smallest absolute Gasteiger partial charge is 0.197 e. The second kappa shape index (κ2) is 5.95. The van der Waals surface area contributed by atoms with E-state index in [1.165, 1.54) is 0 Å². The molecule has 0 aliphatic heterocycles. The van der Waals surface area contributed by atoms with Gasteiger partial charge >= 0.3 is 0 Å². The average Bonchev–Trinajstić information content (AvgIpc) is 3.17. The maximum absolute atomic E-state index is 13.4. The van der Waals surface area contributed by atoms with E-state index in [2.05, 4.69) is 0 Å². The van der Waals surface area contributed by atoms with Crippen LogP contribution < -0.4 is 9.47 Å². The van der Waals surface area contributed by atoms with Crippen LogP contribution in [0.2, 0.25) is 0 Å². The minimum Gasteiger partial charge on any atom is -0.497 e. The van der Waals surface area contributed by atoms with Crippen LogP contribution in [0.5, 0.6) is 11.5 Å². The van der Waals surface area contributed by atoms with E-state index in [0.29, 0.717) is 11.1 Å². The topological polar surface area (TPSA) is 45.4 Å². The number of methoxy groups -OCH3 is 2. The van der Waals surface area contributed by atoms with Gasteiger partial charge in [-0.1, -0.05) is 0 Å². The Bertz CT molecular complexity index is 1060. The fourth-order valence-corrected chi connectivity index (χ4v) is 3.50. The summed E-state index contributed by atoms with van der Waals surface area (Å²) in [6.45, 7) is 0. The van der Waals surface area contributed by atoms with Crippen LogP contribution in [0.25, 0.3) is 21.8 Å². The molecule has 2 aromatic carbocycles. The Morgan fingerprint density at radius 2 is 1.19 bits per heavy atom. The molecule has 0 aliphatic rings. The second-order valence-electron chi connectivity index (χ2n) is 6.40. The molecule has 0 radical (unpaired) electrons. The van der Waals surface area contributed by atoms with E-state index in [-0.39, 0.29) is 5.78 Å². The summed E-state index contributed by atoms with van der Waals surface area (Å²) in [5.41, 5.74) is 3.31. The number of aryl methyl sites for hydroxylation is 2. The van der Waals surface area contributed by atoms with Crippen molar-refractivity contribution in [3.63, 3.8) is 0 Å². The first-order chi connectivity index (χ1) is 12.5. The van der Waals surface area contributed by atoms with Crippen molar-refractivity contribution in [2.75, 3.05) is 14.2 Å². The zero-order chi connectivity index (χ0) is 18.4. The van der Waals surface area contributed by atoms with Crippen LogP contribution in [0.4, 0.5) is 0 Å². The predicted molar refractivity (Wildman–Crippen MR) is 102 cm³/mol. The number of ether oxygens (including phenoxy) is 2. The number of nitrogens with zero attached hydrogens (tertiary/aromatic N) is 2. The molecule has 4 rings (SSSR count). The summed E-state index contributed by atoms with van der Waals surface area (Å²) in [5.74, 6) is 1.46. The molecule has 26 heavy (non-hydrogen) atoms. The molecule has 0 fully saturated rings. The van der Waals surface area contributed by atoms with Crippen molar-refractivity contribution >= 4 is 27.6 Å². The molecule has 132 valence electrons. The molecule has 0 spiro atoms. The van der Waals surface area contributed by atoms with E-state index in [0.717, 1.165) is 33.3 Å². The van der Waals surface area contributed by atoms with Crippen molar-refractivity contribution in [3.05, 3.63) is 59.9 Å². The van der Waals surface area contributed by atoms with E-state index < -0.39 is 0 Å². The summed E-state index contributed by atoms with van der Waals surface area (Å²) >= 11 is 0. The van der Waals surface area contributed by atoms with Gasteiger partial charge in [0.2, 0.25) is 0 Å². The van der Waals surface area contributed by atoms with E-state index >= 15 is 0 Å². The fraction of sp³-hybridized carbons (Fsp3) is 0.190. The summed E-state index contributed by atoms with van der Waals surface area (Å²) in [7, 11) is 7.14. The van der Waals surface area contributed by atoms with Crippen LogP contribution >= 0.6 is 0 Å². The van der Waals surface area contributed by atoms with E-state index in [4.69, 9.17) is 9.47 Å². The minimum atomic E-state index is -0.0114. The highest BCUT2D eigenvalue weighted by molar-refractivity contribution is 6.21. The molecule has 0 amide bonds. The number of hydrogen-bond donors (Lipinski definition) is 0. The van der Waals surface area contributed by atoms with E-state index in [9.17, 15) is 4.79 Å². The zero-order valence-electron chi connectivity index (χ0n) is 15.2. The molecular formula is C21H20N2O3. The monoisotopic (exact) mass is 348 g/mol. The zero-order valence-corrected chi connectivity index (χ0v) is 15.2. The Kier molecular flexibility index (Phi) is 3.72. The standard InChI is InChI=1S/C21H20N2O3/c1-22-11-17(15-9-13(25-3)5-7-19(15)22)21(24)18-12-23(2)20-8-6-14(26-4)10-16(18)20/h5-12H,1-4H3. The number of carbonyl (C=O) groups is 1. The molecule has 0 saturated carbocycles. The Morgan fingerprint density at radius 3 is 1.58 bits per heavy atom. The molecule has 2 heterocycles. The molecular weight excluding hydrogens is 328 g/mol. The van der Waals surface area contributed by atoms with Crippen molar-refractivity contribution in [2.24, 2.45) is 14.1 Å². The van der Waals surface area contributed by atoms with Gasteiger partial charge in [0.1, 0.15) is 11.5 Å². The van der Waals surface area contributed by atoms with Crippen molar-refractivity contribution in [1.82, 2.24) is 9.13 Å². The van der Waals surface area contributed by atoms with Gasteiger partial charge in [-0.05, 0) is 36.4 Å². The van der Waals surface area contributed by atoms with E-state index in [1.807, 2.05) is 72.0 Å². The van der Waals surface area contributed by atoms with Crippen LogP contribution in [0.3, 0.4) is 0 Å². The quantitative estimate of drug-likeness (QED) is 0.525. The van der Waals surface area contributed by atoms with Gasteiger partial charge < -0.3 is 18.6 Å². The Balaban J connectivity index is 1.94. The lowest BCUT2D eigenvalue weighted by Gasteiger charge is -2.03. The third-order valence-corrected chi connectivity index (χ3v) is 4.88. The number of aromatic nitrogens is 2. The van der Waals surface area contributed by atoms with Crippen LogP contribution in [-0.4, -0.2) is 29.1 Å². The summed E-state index contributed by atoms with van der Waals surface area (Å²) in [4.78, 5) is 13.4. The molecule has 2 aromatic heterocycles. The van der Waals surface area contributed by atoms with E-state index in [1.54, 1.807) is 14.2 Å². The molecule has 0 atom stereocenters. The van der Waals surface area contributed by atoms with Gasteiger partial charge in [0, 0.05) is 59.4 Å². The number of benzene rings is 2. The number of hydrogen-bond acceptors (Lipinski definition) is 3. The number of ketones is 1. The normalized spacial score (nSPS) is 11.2. The van der Waals surface area contributed by atoms with Crippen molar-refractivity contribution < 1.29 is 14.3 Å². The minimum absolute atomic E-state index is 0.0114. The first-order valence-corrected chi connectivity index (χ1v) is 8.34. The molecule has 0 saturated heterocycles. The Hall–Kier alpha value is -3.21. The van der Waals surface area contributed by atoms with Gasteiger partial charge in [-0.3, -0.25) is 4.79 Å². The van der Waals surface area contributed by atoms with Crippen LogP contribution in [-0.2, 0) is 14.1 Å². The largest absolute Gasteiger partial charge is 0.497 e. The number of fused-ring (bicyclic) bond motifs is 2. The van der Waals surface area contributed by atoms with Gasteiger partial charge in [-0.15, -0.1) is 0 Å². The molecule has 5 heteroatoms. The Labute approximate surface area is 151 Å². The van der Waals surface area contributed by atoms with Crippen LogP contribution in [0.1, 0.15) is 15.9 Å². The van der Waals surface area contributed by atoms with Gasteiger partial charge in [0.05, 0.1) is 14.2 Å². The lowest BCUT2D eigenvalue weighted by atomic mass is 10.0. The maximum Gasteiger partial charge on any atom is 0.197 e. The highest BCUT2D eigenvalue weighted by Crippen LogP contribution is 2.31. The molecule has 5 nitrogen and oxygen atoms in total. The van der Waals surface area contributed by atoms with Crippen LogP contribution in [0.15, 0.2) is 48.8 Å². The third-order valence-electron chi connectivity index (χ3n) is 4.88. The molecule has 0 aliphatic carbocycles. The maximum atomic E-state index is 13.4. The predicted octanol–water partition coefficient (Wildman–Crippen LogP) is 3.92. The molecule has 0 bridgehead atoms. The fourth-order valence-electron chi connectivity index (χ4n) is 3.50. The van der Waals surface area contributed by atoms with Gasteiger partial charge in [-0.2, -0.15) is 0 Å². The lowest BCUT2D eigenvalue weighted by molar-refractivity contribution is 0.104. The Morgan fingerprint density at radius 1 is 0.769 bits per heavy atom. The first kappa shape index (κ1) is 16.3. The van der Waals surface area contributed by atoms with Gasteiger partial charge in [0.25, 0.3) is 0 Å². The first-order valence-electron chi connectivity index (χ1n) is 8.34. The second-order valence-corrected chi connectivity index (χ2v) is 6.40. The van der Waals surface area contributed by atoms with Crippen molar-refractivity contribution in [2.45, 2.75) is 0 Å². The SMILES string of the molecule is COc1ccc2c(c1)c(C(=O)c1cn(C)c3ccc(OC)cc13)cn2C. The summed E-state index contributed by atoms with van der Waals surface area (Å²) in [6, 6.07) is 11.6. The summed E-state index contributed by atoms with van der Waals surface area (Å²) < 4.78 is 14.6. The molecule has 4 aromatic rings. The molecule has 0 N–H and O–H groups in total. The highest BCUT2D eigenvalue weighted by Gasteiger charge is 2.20. The van der Waals surface area contributed by atoms with Crippen molar-refractivity contribution in [3.8, 4) is 11.5 Å². The average molecular weight is 348 g/mol. The third kappa shape index (κ3) is 2.36. The summed E-state index contributed by atoms with van der Waals surface area (Å²) in [6.07, 6.45) is 3.76. The van der Waals surface area contributed by atoms with Gasteiger partial charge in [0.15, 0.2) is 5.78 Å². The number of carbonyl (C=O) groups excluding carboxylic acids is 1. The van der Waals surface area contributed by atoms with Crippen LogP contribution in [0, 0.1) is 0 Å². The van der Waals surface area contributed by atoms with Crippen molar-refractivity contribution in [1.29, 1.82) is 0 Å². The highest BCUT2D eigenvalue weighted by atomic mass is 16.5. The lowest BCUT2D eigenvalue weighted by Crippen LogP contribution is -2.00. The summed E-state index contributed by atoms with van der Waals surface area (Å²) in [5, 5.41) is 1.77. The molecule has 0 unspecified atom stereocenters.